The Kier molecular flexibility index (Phi) is 4.49. The maximum Gasteiger partial charge on any atom is 0.262 e. The molecule has 0 aromatic carbocycles. The van der Waals surface area contributed by atoms with Gasteiger partial charge in [-0.3, -0.25) is 9.59 Å². The molecular formula is C21H25N5O3. The average Bonchev–Trinajstić information content (AvgIpc) is 3.47. The van der Waals surface area contributed by atoms with Gasteiger partial charge in [0.2, 0.25) is 5.88 Å². The number of rotatable bonds is 4. The van der Waals surface area contributed by atoms with Gasteiger partial charge in [0.1, 0.15) is 17.2 Å². The van der Waals surface area contributed by atoms with Crippen molar-refractivity contribution in [2.75, 3.05) is 12.4 Å². The van der Waals surface area contributed by atoms with Crippen LogP contribution in [0, 0.1) is 0 Å². The van der Waals surface area contributed by atoms with Crippen molar-refractivity contribution >= 4 is 17.6 Å². The van der Waals surface area contributed by atoms with Crippen molar-refractivity contribution in [3.63, 3.8) is 0 Å². The third kappa shape index (κ3) is 3.07. The number of carbonyl (C=O) groups excluding carboxylic acids is 2. The summed E-state index contributed by atoms with van der Waals surface area (Å²) in [4.78, 5) is 36.8. The van der Waals surface area contributed by atoms with Gasteiger partial charge in [-0.2, -0.15) is 0 Å². The summed E-state index contributed by atoms with van der Waals surface area (Å²) in [6, 6.07) is 1.92. The molecule has 2 aliphatic heterocycles. The molecule has 0 unspecified atom stereocenters. The van der Waals surface area contributed by atoms with Gasteiger partial charge in [-0.25, -0.2) is 9.97 Å². The SMILES string of the molecule is COc1nc2c(cc1C(=O)Nc1cnc3n1CCCC3)C(=O)N(C1CCCC1)C2. The lowest BCUT2D eigenvalue weighted by Crippen LogP contribution is -2.33. The highest BCUT2D eigenvalue weighted by Gasteiger charge is 2.36. The Morgan fingerprint density at radius 3 is 2.86 bits per heavy atom. The van der Waals surface area contributed by atoms with Crippen molar-refractivity contribution in [2.24, 2.45) is 0 Å². The van der Waals surface area contributed by atoms with E-state index in [4.69, 9.17) is 4.74 Å². The molecular weight excluding hydrogens is 370 g/mol. The molecule has 8 heteroatoms. The van der Waals surface area contributed by atoms with Gasteiger partial charge >= 0.3 is 0 Å². The van der Waals surface area contributed by atoms with E-state index in [1.54, 1.807) is 12.3 Å². The molecule has 2 aromatic heterocycles. The molecule has 1 fully saturated rings. The highest BCUT2D eigenvalue weighted by atomic mass is 16.5. The average molecular weight is 395 g/mol. The van der Waals surface area contributed by atoms with E-state index in [9.17, 15) is 9.59 Å². The molecule has 2 aromatic rings. The predicted octanol–water partition coefficient (Wildman–Crippen LogP) is 2.77. The summed E-state index contributed by atoms with van der Waals surface area (Å²) in [6.45, 7) is 1.34. The number of hydrogen-bond donors (Lipinski definition) is 1. The van der Waals surface area contributed by atoms with Crippen molar-refractivity contribution in [1.82, 2.24) is 19.4 Å². The first-order valence-corrected chi connectivity index (χ1v) is 10.4. The Balaban J connectivity index is 1.43. The minimum absolute atomic E-state index is 0.0298. The summed E-state index contributed by atoms with van der Waals surface area (Å²) in [6.07, 6.45) is 9.20. The number of methoxy groups -OCH3 is 1. The lowest BCUT2D eigenvalue weighted by Gasteiger charge is -2.22. The van der Waals surface area contributed by atoms with Crippen molar-refractivity contribution in [1.29, 1.82) is 0 Å². The molecule has 1 N–H and O–H groups in total. The Morgan fingerprint density at radius 2 is 2.07 bits per heavy atom. The van der Waals surface area contributed by atoms with E-state index in [0.29, 0.717) is 23.6 Å². The van der Waals surface area contributed by atoms with Crippen LogP contribution in [0.15, 0.2) is 12.3 Å². The second-order valence-electron chi connectivity index (χ2n) is 8.03. The molecule has 3 aliphatic rings. The van der Waals surface area contributed by atoms with E-state index < -0.39 is 0 Å². The Hall–Kier alpha value is -2.90. The molecule has 2 amide bonds. The van der Waals surface area contributed by atoms with Crippen LogP contribution in [0.3, 0.4) is 0 Å². The summed E-state index contributed by atoms with van der Waals surface area (Å²) in [5.41, 5.74) is 1.48. The number of hydrogen-bond acceptors (Lipinski definition) is 5. The largest absolute Gasteiger partial charge is 0.480 e. The number of amides is 2. The van der Waals surface area contributed by atoms with E-state index in [1.165, 1.54) is 7.11 Å². The number of nitrogens with zero attached hydrogens (tertiary/aromatic N) is 4. The monoisotopic (exact) mass is 395 g/mol. The van der Waals surface area contributed by atoms with E-state index in [2.05, 4.69) is 15.3 Å². The second kappa shape index (κ2) is 7.17. The molecule has 5 rings (SSSR count). The normalized spacial score (nSPS) is 18.7. The first kappa shape index (κ1) is 18.1. The van der Waals surface area contributed by atoms with Crippen LogP contribution in [-0.2, 0) is 19.5 Å². The van der Waals surface area contributed by atoms with E-state index >= 15 is 0 Å². The van der Waals surface area contributed by atoms with Gasteiger partial charge in [0, 0.05) is 19.0 Å². The van der Waals surface area contributed by atoms with Gasteiger partial charge < -0.3 is 19.5 Å². The van der Waals surface area contributed by atoms with Crippen LogP contribution in [0.5, 0.6) is 5.88 Å². The minimum Gasteiger partial charge on any atom is -0.480 e. The third-order valence-corrected chi connectivity index (χ3v) is 6.29. The Bertz CT molecular complexity index is 977. The zero-order valence-corrected chi connectivity index (χ0v) is 16.6. The quantitative estimate of drug-likeness (QED) is 0.860. The summed E-state index contributed by atoms with van der Waals surface area (Å²) in [5, 5.41) is 2.93. The molecule has 29 heavy (non-hydrogen) atoms. The molecule has 0 bridgehead atoms. The highest BCUT2D eigenvalue weighted by molar-refractivity contribution is 6.08. The lowest BCUT2D eigenvalue weighted by atomic mass is 10.1. The first-order chi connectivity index (χ1) is 14.2. The van der Waals surface area contributed by atoms with Crippen LogP contribution in [-0.4, -0.2) is 44.4 Å². The number of ether oxygens (including phenoxy) is 1. The molecule has 0 spiro atoms. The van der Waals surface area contributed by atoms with Crippen molar-refractivity contribution in [3.8, 4) is 5.88 Å². The summed E-state index contributed by atoms with van der Waals surface area (Å²) in [5.74, 6) is 1.55. The summed E-state index contributed by atoms with van der Waals surface area (Å²) >= 11 is 0. The fourth-order valence-corrected chi connectivity index (χ4v) is 4.75. The maximum absolute atomic E-state index is 13.0. The number of nitrogens with one attached hydrogen (secondary N) is 1. The van der Waals surface area contributed by atoms with Gasteiger partial charge in [-0.05, 0) is 31.7 Å². The first-order valence-electron chi connectivity index (χ1n) is 10.4. The fourth-order valence-electron chi connectivity index (χ4n) is 4.75. The molecule has 152 valence electrons. The number of anilines is 1. The molecule has 0 radical (unpaired) electrons. The standard InChI is InChI=1S/C21H25N5O3/c1-29-20-15(19(27)24-18-11-22-17-8-4-5-9-25(17)18)10-14-16(23-20)12-26(21(14)28)13-6-2-3-7-13/h10-11,13H,2-9,12H2,1H3,(H,24,27). The van der Waals surface area contributed by atoms with Crippen LogP contribution in [0.25, 0.3) is 0 Å². The molecule has 4 heterocycles. The Morgan fingerprint density at radius 1 is 1.24 bits per heavy atom. The van der Waals surface area contributed by atoms with Gasteiger partial charge in [-0.1, -0.05) is 12.8 Å². The molecule has 8 nitrogen and oxygen atoms in total. The third-order valence-electron chi connectivity index (χ3n) is 6.29. The Labute approximate surface area is 169 Å². The zero-order valence-electron chi connectivity index (χ0n) is 16.6. The number of carbonyl (C=O) groups is 2. The van der Waals surface area contributed by atoms with Crippen molar-refractivity contribution in [3.05, 3.63) is 34.9 Å². The minimum atomic E-state index is -0.336. The van der Waals surface area contributed by atoms with Crippen LogP contribution >= 0.6 is 0 Å². The van der Waals surface area contributed by atoms with E-state index in [0.717, 1.165) is 57.3 Å². The van der Waals surface area contributed by atoms with Crippen LogP contribution in [0.2, 0.25) is 0 Å². The molecule has 1 saturated carbocycles. The van der Waals surface area contributed by atoms with Crippen LogP contribution < -0.4 is 10.1 Å². The number of aromatic nitrogens is 3. The van der Waals surface area contributed by atoms with Gasteiger partial charge in [0.05, 0.1) is 31.1 Å². The lowest BCUT2D eigenvalue weighted by molar-refractivity contribution is 0.0706. The predicted molar refractivity (Wildman–Crippen MR) is 106 cm³/mol. The maximum atomic E-state index is 13.0. The number of pyridine rings is 1. The molecule has 0 atom stereocenters. The fraction of sp³-hybridized carbons (Fsp3) is 0.524. The number of aryl methyl sites for hydroxylation is 1. The topological polar surface area (TPSA) is 89.3 Å². The smallest absolute Gasteiger partial charge is 0.262 e. The van der Waals surface area contributed by atoms with Gasteiger partial charge in [-0.15, -0.1) is 0 Å². The highest BCUT2D eigenvalue weighted by Crippen LogP contribution is 2.33. The summed E-state index contributed by atoms with van der Waals surface area (Å²) in [7, 11) is 1.50. The van der Waals surface area contributed by atoms with Crippen LogP contribution in [0.1, 0.15) is 70.8 Å². The molecule has 1 aliphatic carbocycles. The van der Waals surface area contributed by atoms with Crippen LogP contribution in [0.4, 0.5) is 5.82 Å². The summed E-state index contributed by atoms with van der Waals surface area (Å²) < 4.78 is 7.44. The zero-order chi connectivity index (χ0) is 20.0. The second-order valence-corrected chi connectivity index (χ2v) is 8.03. The van der Waals surface area contributed by atoms with Crippen molar-refractivity contribution < 1.29 is 14.3 Å². The molecule has 0 saturated heterocycles. The van der Waals surface area contributed by atoms with Gasteiger partial charge in [0.25, 0.3) is 11.8 Å². The van der Waals surface area contributed by atoms with E-state index in [1.807, 2.05) is 9.47 Å². The van der Waals surface area contributed by atoms with Crippen molar-refractivity contribution in [2.45, 2.75) is 64.1 Å². The van der Waals surface area contributed by atoms with E-state index in [-0.39, 0.29) is 29.3 Å². The number of fused-ring (bicyclic) bond motifs is 2. The van der Waals surface area contributed by atoms with Gasteiger partial charge in [0.15, 0.2) is 0 Å². The number of imidazole rings is 1.